The largest absolute Gasteiger partial charge is 0.481 e. The lowest BCUT2D eigenvalue weighted by Gasteiger charge is -2.35. The number of carbonyl (C=O) groups is 2. The van der Waals surface area contributed by atoms with E-state index in [2.05, 4.69) is 32.6 Å². The Morgan fingerprint density at radius 1 is 1.15 bits per heavy atom. The van der Waals surface area contributed by atoms with Crippen molar-refractivity contribution >= 4 is 11.8 Å². The van der Waals surface area contributed by atoms with Crippen molar-refractivity contribution in [1.29, 1.82) is 0 Å². The third-order valence-electron chi connectivity index (χ3n) is 6.00. The Labute approximate surface area is 160 Å². The molecule has 148 valence electrons. The third-order valence-corrected chi connectivity index (χ3v) is 6.00. The highest BCUT2D eigenvalue weighted by Gasteiger charge is 2.46. The highest BCUT2D eigenvalue weighted by atomic mass is 16.4. The Morgan fingerprint density at radius 3 is 2.50 bits per heavy atom. The minimum absolute atomic E-state index is 0.0102. The van der Waals surface area contributed by atoms with E-state index in [1.807, 2.05) is 0 Å². The second-order valence-corrected chi connectivity index (χ2v) is 7.88. The van der Waals surface area contributed by atoms with E-state index in [1.165, 1.54) is 12.8 Å². The molecule has 0 aliphatic heterocycles. The topological polar surface area (TPSA) is 54.4 Å². The molecule has 1 unspecified atom stereocenters. The number of Topliss-reactive ketones (excluding diaryl/α,β-unsaturated/α-hetero) is 1. The van der Waals surface area contributed by atoms with Gasteiger partial charge >= 0.3 is 5.97 Å². The van der Waals surface area contributed by atoms with Gasteiger partial charge in [-0.1, -0.05) is 57.4 Å². The molecule has 0 aromatic carbocycles. The maximum absolute atomic E-state index is 12.6. The van der Waals surface area contributed by atoms with Gasteiger partial charge in [0.05, 0.1) is 0 Å². The predicted octanol–water partition coefficient (Wildman–Crippen LogP) is 6.48. The highest BCUT2D eigenvalue weighted by molar-refractivity contribution is 5.86. The first-order valence-corrected chi connectivity index (χ1v) is 10.5. The maximum atomic E-state index is 12.6. The fourth-order valence-corrected chi connectivity index (χ4v) is 4.37. The summed E-state index contributed by atoms with van der Waals surface area (Å²) in [6, 6.07) is 0. The molecule has 0 bridgehead atoms. The van der Waals surface area contributed by atoms with E-state index < -0.39 is 5.97 Å². The van der Waals surface area contributed by atoms with E-state index in [-0.39, 0.29) is 17.8 Å². The summed E-state index contributed by atoms with van der Waals surface area (Å²) >= 11 is 0. The fraction of sp³-hybridized carbons (Fsp3) is 0.739. The number of unbranched alkanes of at least 4 members (excludes halogenated alkanes) is 4. The zero-order valence-corrected chi connectivity index (χ0v) is 16.9. The molecule has 0 radical (unpaired) electrons. The van der Waals surface area contributed by atoms with E-state index in [4.69, 9.17) is 5.11 Å². The fourth-order valence-electron chi connectivity index (χ4n) is 4.37. The number of carboxylic acids is 1. The average molecular weight is 363 g/mol. The van der Waals surface area contributed by atoms with Crippen LogP contribution in [-0.4, -0.2) is 16.9 Å². The molecule has 0 spiro atoms. The molecule has 1 N–H and O–H groups in total. The molecule has 0 aromatic rings. The maximum Gasteiger partial charge on any atom is 0.303 e. The summed E-state index contributed by atoms with van der Waals surface area (Å²) in [5.41, 5.74) is 1.17. The Balaban J connectivity index is 2.55. The molecule has 3 heteroatoms. The lowest BCUT2D eigenvalue weighted by atomic mass is 9.68. The first-order chi connectivity index (χ1) is 12.5. The van der Waals surface area contributed by atoms with Crippen LogP contribution in [0.3, 0.4) is 0 Å². The molecule has 0 saturated heterocycles. The van der Waals surface area contributed by atoms with Crippen LogP contribution in [0, 0.1) is 11.3 Å². The minimum Gasteiger partial charge on any atom is -0.481 e. The van der Waals surface area contributed by atoms with Crippen molar-refractivity contribution in [3.63, 3.8) is 0 Å². The molecule has 0 amide bonds. The molecule has 0 heterocycles. The number of ketones is 1. The van der Waals surface area contributed by atoms with Gasteiger partial charge in [0.1, 0.15) is 5.78 Å². The van der Waals surface area contributed by atoms with Gasteiger partial charge in [0, 0.05) is 18.8 Å². The summed E-state index contributed by atoms with van der Waals surface area (Å²) in [5.74, 6) is -0.347. The van der Waals surface area contributed by atoms with Crippen LogP contribution >= 0.6 is 0 Å². The van der Waals surface area contributed by atoms with Crippen molar-refractivity contribution in [2.45, 2.75) is 97.3 Å². The Hall–Kier alpha value is -1.38. The van der Waals surface area contributed by atoms with Crippen LogP contribution in [0.25, 0.3) is 0 Å². The lowest BCUT2D eigenvalue weighted by Crippen LogP contribution is -2.29. The van der Waals surface area contributed by atoms with Gasteiger partial charge in [-0.25, -0.2) is 0 Å². The van der Waals surface area contributed by atoms with Crippen LogP contribution in [0.15, 0.2) is 24.3 Å². The Kier molecular flexibility index (Phi) is 10.5. The molecule has 1 fully saturated rings. The second kappa shape index (κ2) is 12.1. The Morgan fingerprint density at radius 2 is 1.85 bits per heavy atom. The van der Waals surface area contributed by atoms with Gasteiger partial charge in [0.15, 0.2) is 0 Å². The van der Waals surface area contributed by atoms with Crippen LogP contribution < -0.4 is 0 Å². The number of carbonyl (C=O) groups excluding carboxylic acids is 1. The Bertz CT molecular complexity index is 492. The molecule has 0 aromatic heterocycles. The first kappa shape index (κ1) is 22.7. The van der Waals surface area contributed by atoms with Gasteiger partial charge in [-0.3, -0.25) is 9.59 Å². The third kappa shape index (κ3) is 7.09. The molecule has 2 atom stereocenters. The number of hydrogen-bond donors (Lipinski definition) is 1. The number of carboxylic acid groups (broad SMARTS) is 1. The van der Waals surface area contributed by atoms with Crippen molar-refractivity contribution in [1.82, 2.24) is 0 Å². The standard InChI is InChI=1S/C23H38O3/c1-4-6-7-8-9-13-17-23(5-2)18-16-20(24)22(23)19(3)14-11-10-12-15-21(25)26/h8-9,22H,3-7,10-18H2,1-2H3,(H,25,26)/b9-8-/t22-,23?/m0/s1. The van der Waals surface area contributed by atoms with Crippen molar-refractivity contribution < 1.29 is 14.7 Å². The van der Waals surface area contributed by atoms with Gasteiger partial charge in [-0.05, 0) is 56.8 Å². The molecular weight excluding hydrogens is 324 g/mol. The monoisotopic (exact) mass is 362 g/mol. The zero-order valence-electron chi connectivity index (χ0n) is 16.9. The van der Waals surface area contributed by atoms with Crippen molar-refractivity contribution in [2.75, 3.05) is 0 Å². The molecule has 1 saturated carbocycles. The second-order valence-electron chi connectivity index (χ2n) is 7.88. The summed E-state index contributed by atoms with van der Waals surface area (Å²) in [7, 11) is 0. The summed E-state index contributed by atoms with van der Waals surface area (Å²) in [6.45, 7) is 8.70. The molecular formula is C23H38O3. The van der Waals surface area contributed by atoms with E-state index in [9.17, 15) is 9.59 Å². The van der Waals surface area contributed by atoms with Crippen LogP contribution in [0.5, 0.6) is 0 Å². The van der Waals surface area contributed by atoms with Gasteiger partial charge in [0.2, 0.25) is 0 Å². The number of allylic oxidation sites excluding steroid dienone is 3. The summed E-state index contributed by atoms with van der Waals surface area (Å²) in [5, 5.41) is 8.71. The summed E-state index contributed by atoms with van der Waals surface area (Å²) in [6.07, 6.45) is 16.7. The molecule has 1 rings (SSSR count). The van der Waals surface area contributed by atoms with Gasteiger partial charge < -0.3 is 5.11 Å². The SMILES string of the molecule is C=C(CCCCCC(=O)O)[C@H]1C(=O)CCC1(CC)CC/C=C\CCCC. The van der Waals surface area contributed by atoms with Crippen LogP contribution in [-0.2, 0) is 9.59 Å². The molecule has 3 nitrogen and oxygen atoms in total. The van der Waals surface area contributed by atoms with Crippen molar-refractivity contribution in [2.24, 2.45) is 11.3 Å². The van der Waals surface area contributed by atoms with E-state index in [0.29, 0.717) is 18.6 Å². The molecule has 26 heavy (non-hydrogen) atoms. The summed E-state index contributed by atoms with van der Waals surface area (Å²) < 4.78 is 0. The van der Waals surface area contributed by atoms with Crippen molar-refractivity contribution in [3.8, 4) is 0 Å². The van der Waals surface area contributed by atoms with Gasteiger partial charge in [0.25, 0.3) is 0 Å². The van der Waals surface area contributed by atoms with Crippen LogP contribution in [0.2, 0.25) is 0 Å². The number of aliphatic carboxylic acids is 1. The minimum atomic E-state index is -0.730. The van der Waals surface area contributed by atoms with Gasteiger partial charge in [-0.2, -0.15) is 0 Å². The highest BCUT2D eigenvalue weighted by Crippen LogP contribution is 2.51. The van der Waals surface area contributed by atoms with E-state index in [0.717, 1.165) is 56.9 Å². The molecule has 1 aliphatic rings. The number of rotatable bonds is 14. The van der Waals surface area contributed by atoms with Crippen LogP contribution in [0.1, 0.15) is 97.3 Å². The van der Waals surface area contributed by atoms with Gasteiger partial charge in [-0.15, -0.1) is 0 Å². The van der Waals surface area contributed by atoms with Crippen LogP contribution in [0.4, 0.5) is 0 Å². The quantitative estimate of drug-likeness (QED) is 0.284. The van der Waals surface area contributed by atoms with E-state index in [1.54, 1.807) is 0 Å². The van der Waals surface area contributed by atoms with E-state index >= 15 is 0 Å². The number of hydrogen-bond acceptors (Lipinski definition) is 2. The van der Waals surface area contributed by atoms with Crippen molar-refractivity contribution in [3.05, 3.63) is 24.3 Å². The molecule has 1 aliphatic carbocycles. The predicted molar refractivity (Wildman–Crippen MR) is 108 cm³/mol. The first-order valence-electron chi connectivity index (χ1n) is 10.5. The zero-order chi connectivity index (χ0) is 19.4. The lowest BCUT2D eigenvalue weighted by molar-refractivity contribution is -0.137. The summed E-state index contributed by atoms with van der Waals surface area (Å²) in [4.78, 5) is 23.2. The average Bonchev–Trinajstić information content (AvgIpc) is 2.94. The smallest absolute Gasteiger partial charge is 0.303 e. The normalized spacial score (nSPS) is 23.0.